The van der Waals surface area contributed by atoms with Gasteiger partial charge in [-0.05, 0) is 37.6 Å². The quantitative estimate of drug-likeness (QED) is 0.791. The van der Waals surface area contributed by atoms with Crippen LogP contribution in [0.4, 0.5) is 4.39 Å². The van der Waals surface area contributed by atoms with Gasteiger partial charge in [0, 0.05) is 19.7 Å². The van der Waals surface area contributed by atoms with Crippen LogP contribution in [0.1, 0.15) is 18.4 Å². The van der Waals surface area contributed by atoms with Gasteiger partial charge in [-0.15, -0.1) is 0 Å². The van der Waals surface area contributed by atoms with Gasteiger partial charge in [-0.25, -0.2) is 4.98 Å². The largest absolute Gasteiger partial charge is 0.378 e. The number of halogens is 1. The maximum atomic E-state index is 12.7. The second kappa shape index (κ2) is 4.89. The van der Waals surface area contributed by atoms with Crippen LogP contribution >= 0.6 is 0 Å². The Morgan fingerprint density at radius 3 is 2.75 bits per heavy atom. The van der Waals surface area contributed by atoms with Crippen molar-refractivity contribution in [2.45, 2.75) is 24.9 Å². The summed E-state index contributed by atoms with van der Waals surface area (Å²) >= 11 is 0. The number of methoxy groups -OCH3 is 1. The number of piperidine rings is 1. The van der Waals surface area contributed by atoms with E-state index in [9.17, 15) is 4.39 Å². The molecule has 0 spiro atoms. The zero-order valence-corrected chi connectivity index (χ0v) is 9.50. The summed E-state index contributed by atoms with van der Waals surface area (Å²) in [6.45, 7) is 1.95. The highest BCUT2D eigenvalue weighted by Gasteiger charge is 2.31. The molecule has 0 saturated carbocycles. The van der Waals surface area contributed by atoms with Crippen molar-refractivity contribution in [2.75, 3.05) is 20.2 Å². The summed E-state index contributed by atoms with van der Waals surface area (Å²) in [5.74, 6) is -0.430. The van der Waals surface area contributed by atoms with Gasteiger partial charge < -0.3 is 10.1 Å². The van der Waals surface area contributed by atoms with Gasteiger partial charge in [0.25, 0.3) is 0 Å². The minimum absolute atomic E-state index is 0.106. The second-order valence-corrected chi connectivity index (χ2v) is 4.30. The summed E-state index contributed by atoms with van der Waals surface area (Å²) in [4.78, 5) is 3.67. The predicted molar refractivity (Wildman–Crippen MR) is 59.7 cm³/mol. The van der Waals surface area contributed by atoms with E-state index < -0.39 is 5.95 Å². The number of ether oxygens (including phenoxy) is 1. The second-order valence-electron chi connectivity index (χ2n) is 4.30. The van der Waals surface area contributed by atoms with E-state index in [0.717, 1.165) is 37.9 Å². The Bertz CT molecular complexity index is 333. The zero-order chi connectivity index (χ0) is 11.4. The van der Waals surface area contributed by atoms with Crippen LogP contribution in [-0.4, -0.2) is 30.8 Å². The molecular formula is C12H17FN2O. The third-order valence-electron chi connectivity index (χ3n) is 3.26. The van der Waals surface area contributed by atoms with Gasteiger partial charge in [0.05, 0.1) is 5.60 Å². The van der Waals surface area contributed by atoms with E-state index in [1.165, 1.54) is 6.07 Å². The molecular weight excluding hydrogens is 207 g/mol. The van der Waals surface area contributed by atoms with Crippen molar-refractivity contribution in [3.8, 4) is 0 Å². The van der Waals surface area contributed by atoms with Crippen molar-refractivity contribution in [1.29, 1.82) is 0 Å². The van der Waals surface area contributed by atoms with Crippen molar-refractivity contribution in [1.82, 2.24) is 10.3 Å². The van der Waals surface area contributed by atoms with Gasteiger partial charge in [-0.1, -0.05) is 6.07 Å². The molecule has 1 saturated heterocycles. The molecule has 0 aliphatic carbocycles. The number of aromatic nitrogens is 1. The molecule has 88 valence electrons. The first-order chi connectivity index (χ1) is 7.74. The minimum atomic E-state index is -0.430. The number of pyridine rings is 1. The van der Waals surface area contributed by atoms with Crippen LogP contribution in [-0.2, 0) is 11.2 Å². The molecule has 4 heteroatoms. The Balaban J connectivity index is 2.08. The zero-order valence-electron chi connectivity index (χ0n) is 9.50. The molecule has 1 aliphatic heterocycles. The summed E-state index contributed by atoms with van der Waals surface area (Å²) in [6.07, 6.45) is 4.37. The third kappa shape index (κ3) is 2.57. The van der Waals surface area contributed by atoms with Crippen LogP contribution in [0, 0.1) is 5.95 Å². The predicted octanol–water partition coefficient (Wildman–Crippen LogP) is 1.53. The first-order valence-corrected chi connectivity index (χ1v) is 5.60. The van der Waals surface area contributed by atoms with Gasteiger partial charge in [0.2, 0.25) is 5.95 Å². The van der Waals surface area contributed by atoms with Crippen LogP contribution in [0.15, 0.2) is 18.3 Å². The molecule has 3 nitrogen and oxygen atoms in total. The summed E-state index contributed by atoms with van der Waals surface area (Å²) in [5, 5.41) is 3.31. The van der Waals surface area contributed by atoms with Crippen LogP contribution in [0.3, 0.4) is 0 Å². The van der Waals surface area contributed by atoms with E-state index >= 15 is 0 Å². The Morgan fingerprint density at radius 2 is 2.19 bits per heavy atom. The molecule has 1 fully saturated rings. The molecule has 0 bridgehead atoms. The van der Waals surface area contributed by atoms with Gasteiger partial charge in [-0.2, -0.15) is 4.39 Å². The van der Waals surface area contributed by atoms with Crippen molar-refractivity contribution < 1.29 is 9.13 Å². The fourth-order valence-corrected chi connectivity index (χ4v) is 2.22. The third-order valence-corrected chi connectivity index (χ3v) is 3.26. The van der Waals surface area contributed by atoms with E-state index in [1.807, 2.05) is 0 Å². The molecule has 1 aliphatic rings. The Hall–Kier alpha value is -1.00. The molecule has 0 unspecified atom stereocenters. The minimum Gasteiger partial charge on any atom is -0.378 e. The standard InChI is InChI=1S/C12H17FN2O/c1-16-12(4-6-14-7-5-12)8-10-2-3-11(13)15-9-10/h2-3,9,14H,4-8H2,1H3. The Labute approximate surface area is 95.0 Å². The lowest BCUT2D eigenvalue weighted by atomic mass is 9.86. The van der Waals surface area contributed by atoms with Gasteiger partial charge in [-0.3, -0.25) is 0 Å². The SMILES string of the molecule is COC1(Cc2ccc(F)nc2)CCNCC1. The van der Waals surface area contributed by atoms with E-state index in [0.29, 0.717) is 0 Å². The Kier molecular flexibility index (Phi) is 3.51. The lowest BCUT2D eigenvalue weighted by Crippen LogP contribution is -2.45. The lowest BCUT2D eigenvalue weighted by molar-refractivity contribution is -0.0334. The fourth-order valence-electron chi connectivity index (χ4n) is 2.22. The highest BCUT2D eigenvalue weighted by Crippen LogP contribution is 2.26. The highest BCUT2D eigenvalue weighted by molar-refractivity contribution is 5.13. The molecule has 1 N–H and O–H groups in total. The van der Waals surface area contributed by atoms with Gasteiger partial charge >= 0.3 is 0 Å². The molecule has 2 rings (SSSR count). The highest BCUT2D eigenvalue weighted by atomic mass is 19.1. The number of nitrogens with one attached hydrogen (secondary N) is 1. The van der Waals surface area contributed by atoms with Crippen LogP contribution in [0.5, 0.6) is 0 Å². The fraction of sp³-hybridized carbons (Fsp3) is 0.583. The monoisotopic (exact) mass is 224 g/mol. The van der Waals surface area contributed by atoms with Crippen molar-refractivity contribution >= 4 is 0 Å². The molecule has 0 amide bonds. The number of hydrogen-bond donors (Lipinski definition) is 1. The molecule has 0 aromatic carbocycles. The van der Waals surface area contributed by atoms with E-state index in [4.69, 9.17) is 4.74 Å². The molecule has 0 atom stereocenters. The van der Waals surface area contributed by atoms with Crippen molar-refractivity contribution in [3.63, 3.8) is 0 Å². The number of rotatable bonds is 3. The van der Waals surface area contributed by atoms with Crippen molar-refractivity contribution in [2.24, 2.45) is 0 Å². The topological polar surface area (TPSA) is 34.1 Å². The summed E-state index contributed by atoms with van der Waals surface area (Å²) in [5.41, 5.74) is 0.926. The summed E-state index contributed by atoms with van der Waals surface area (Å²) in [7, 11) is 1.75. The van der Waals surface area contributed by atoms with E-state index in [-0.39, 0.29) is 5.60 Å². The molecule has 1 aromatic rings. The molecule has 0 radical (unpaired) electrons. The normalized spacial score (nSPS) is 19.6. The molecule has 16 heavy (non-hydrogen) atoms. The van der Waals surface area contributed by atoms with E-state index in [2.05, 4.69) is 10.3 Å². The van der Waals surface area contributed by atoms with Crippen molar-refractivity contribution in [3.05, 3.63) is 29.8 Å². The Morgan fingerprint density at radius 1 is 1.44 bits per heavy atom. The van der Waals surface area contributed by atoms with Crippen LogP contribution < -0.4 is 5.32 Å². The van der Waals surface area contributed by atoms with Crippen LogP contribution in [0.2, 0.25) is 0 Å². The average Bonchev–Trinajstić information content (AvgIpc) is 2.33. The number of nitrogens with zero attached hydrogens (tertiary/aromatic N) is 1. The van der Waals surface area contributed by atoms with Crippen LogP contribution in [0.25, 0.3) is 0 Å². The summed E-state index contributed by atoms with van der Waals surface area (Å²) < 4.78 is 18.3. The summed E-state index contributed by atoms with van der Waals surface area (Å²) in [6, 6.07) is 3.19. The lowest BCUT2D eigenvalue weighted by Gasteiger charge is -2.36. The van der Waals surface area contributed by atoms with E-state index in [1.54, 1.807) is 19.4 Å². The maximum absolute atomic E-state index is 12.7. The smallest absolute Gasteiger partial charge is 0.212 e. The molecule has 1 aromatic heterocycles. The van der Waals surface area contributed by atoms with Gasteiger partial charge in [0.1, 0.15) is 0 Å². The average molecular weight is 224 g/mol. The maximum Gasteiger partial charge on any atom is 0.212 e. The molecule has 2 heterocycles. The first kappa shape index (κ1) is 11.5. The number of hydrogen-bond acceptors (Lipinski definition) is 3. The van der Waals surface area contributed by atoms with Gasteiger partial charge in [0.15, 0.2) is 0 Å². The first-order valence-electron chi connectivity index (χ1n) is 5.60.